The van der Waals surface area contributed by atoms with Gasteiger partial charge in [-0.2, -0.15) is 0 Å². The molecule has 1 amide bonds. The fourth-order valence-electron chi connectivity index (χ4n) is 4.63. The Bertz CT molecular complexity index is 912. The zero-order chi connectivity index (χ0) is 20.2. The van der Waals surface area contributed by atoms with E-state index in [2.05, 4.69) is 0 Å². The van der Waals surface area contributed by atoms with Gasteiger partial charge in [-0.3, -0.25) is 14.2 Å². The van der Waals surface area contributed by atoms with E-state index >= 15 is 0 Å². The Morgan fingerprint density at radius 2 is 1.69 bits per heavy atom. The Hall–Kier alpha value is -1.82. The summed E-state index contributed by atoms with van der Waals surface area (Å²) in [4.78, 5) is 33.3. The molecule has 2 fully saturated rings. The Balaban J connectivity index is 1.66. The zero-order valence-corrected chi connectivity index (χ0v) is 18.1. The third-order valence-corrected chi connectivity index (χ3v) is 7.32. The van der Waals surface area contributed by atoms with Crippen molar-refractivity contribution in [3.8, 4) is 0 Å². The van der Waals surface area contributed by atoms with Gasteiger partial charge in [0.2, 0.25) is 5.91 Å². The number of amides is 1. The maximum atomic E-state index is 13.4. The molecule has 5 nitrogen and oxygen atoms in total. The van der Waals surface area contributed by atoms with Crippen LogP contribution in [-0.2, 0) is 4.79 Å². The van der Waals surface area contributed by atoms with Gasteiger partial charge in [0.05, 0.1) is 16.2 Å². The number of thioether (sulfide) groups is 1. The number of likely N-dealkylation sites (tertiary alicyclic amines) is 1. The molecule has 2 heterocycles. The quantitative estimate of drug-likeness (QED) is 0.534. The summed E-state index contributed by atoms with van der Waals surface area (Å²) >= 11 is 1.46. The highest BCUT2D eigenvalue weighted by Crippen LogP contribution is 2.32. The van der Waals surface area contributed by atoms with Crippen molar-refractivity contribution in [1.29, 1.82) is 0 Å². The molecule has 1 atom stereocenters. The molecule has 4 rings (SSSR count). The van der Waals surface area contributed by atoms with Crippen molar-refractivity contribution in [3.63, 3.8) is 0 Å². The van der Waals surface area contributed by atoms with Crippen molar-refractivity contribution in [3.05, 3.63) is 34.6 Å². The largest absolute Gasteiger partial charge is 0.342 e. The highest BCUT2D eigenvalue weighted by molar-refractivity contribution is 8.00. The van der Waals surface area contributed by atoms with E-state index in [-0.39, 0.29) is 22.8 Å². The summed E-state index contributed by atoms with van der Waals surface area (Å²) in [7, 11) is 0. The summed E-state index contributed by atoms with van der Waals surface area (Å²) in [5.74, 6) is 0.175. The predicted molar refractivity (Wildman–Crippen MR) is 118 cm³/mol. The number of aromatic nitrogens is 2. The Morgan fingerprint density at radius 1 is 1.03 bits per heavy atom. The Morgan fingerprint density at radius 3 is 2.41 bits per heavy atom. The standard InChI is InChI=1S/C23H31N3O2S/c1-17(21(27)25-15-9-2-3-10-16-25)29-23-24-20-14-8-7-13-19(20)22(28)26(23)18-11-5-4-6-12-18/h7-8,13-14,17-18H,2-6,9-12,15-16H2,1H3/t17-/m0/s1. The van der Waals surface area contributed by atoms with Crippen LogP contribution in [0.2, 0.25) is 0 Å². The van der Waals surface area contributed by atoms with Crippen molar-refractivity contribution in [2.75, 3.05) is 13.1 Å². The number of carbonyl (C=O) groups excluding carboxylic acids is 1. The van der Waals surface area contributed by atoms with Gasteiger partial charge in [0, 0.05) is 19.1 Å². The minimum atomic E-state index is -0.240. The van der Waals surface area contributed by atoms with Gasteiger partial charge < -0.3 is 4.90 Å². The second-order valence-electron chi connectivity index (χ2n) is 8.38. The fraction of sp³-hybridized carbons (Fsp3) is 0.609. The summed E-state index contributed by atoms with van der Waals surface area (Å²) in [6, 6.07) is 7.77. The van der Waals surface area contributed by atoms with E-state index in [1.165, 1.54) is 31.0 Å². The van der Waals surface area contributed by atoms with Gasteiger partial charge in [-0.05, 0) is 44.7 Å². The first-order valence-corrected chi connectivity index (χ1v) is 12.0. The summed E-state index contributed by atoms with van der Waals surface area (Å²) < 4.78 is 1.90. The lowest BCUT2D eigenvalue weighted by atomic mass is 9.95. The van der Waals surface area contributed by atoms with Crippen molar-refractivity contribution in [2.45, 2.75) is 81.2 Å². The molecule has 156 valence electrons. The lowest BCUT2D eigenvalue weighted by Crippen LogP contribution is -2.38. The normalized spacial score (nSPS) is 19.8. The van der Waals surface area contributed by atoms with E-state index in [0.717, 1.165) is 57.1 Å². The molecule has 1 aliphatic heterocycles. The molecule has 2 aliphatic rings. The number of benzene rings is 1. The summed E-state index contributed by atoms with van der Waals surface area (Å²) in [6.07, 6.45) is 10.2. The lowest BCUT2D eigenvalue weighted by molar-refractivity contribution is -0.130. The van der Waals surface area contributed by atoms with Crippen LogP contribution in [0.25, 0.3) is 10.9 Å². The van der Waals surface area contributed by atoms with Crippen LogP contribution in [0, 0.1) is 0 Å². The highest BCUT2D eigenvalue weighted by Gasteiger charge is 2.27. The molecule has 6 heteroatoms. The number of para-hydroxylation sites is 1. The van der Waals surface area contributed by atoms with Crippen molar-refractivity contribution < 1.29 is 4.79 Å². The van der Waals surface area contributed by atoms with E-state index in [9.17, 15) is 9.59 Å². The summed E-state index contributed by atoms with van der Waals surface area (Å²) in [6.45, 7) is 3.67. The minimum absolute atomic E-state index is 0.0411. The first-order chi connectivity index (χ1) is 14.1. The second kappa shape index (κ2) is 9.33. The topological polar surface area (TPSA) is 55.2 Å². The highest BCUT2D eigenvalue weighted by atomic mass is 32.2. The smallest absolute Gasteiger partial charge is 0.262 e. The van der Waals surface area contributed by atoms with Gasteiger partial charge in [0.25, 0.3) is 5.56 Å². The van der Waals surface area contributed by atoms with Gasteiger partial charge in [-0.25, -0.2) is 4.98 Å². The van der Waals surface area contributed by atoms with Crippen LogP contribution in [0.4, 0.5) is 0 Å². The molecule has 0 radical (unpaired) electrons. The van der Waals surface area contributed by atoms with Gasteiger partial charge >= 0.3 is 0 Å². The van der Waals surface area contributed by atoms with E-state index in [1.54, 1.807) is 0 Å². The SMILES string of the molecule is C[C@H](Sc1nc2ccccc2c(=O)n1C1CCCCC1)C(=O)N1CCCCCC1. The van der Waals surface area contributed by atoms with Gasteiger partial charge in [-0.1, -0.05) is 56.0 Å². The molecule has 1 saturated heterocycles. The average molecular weight is 414 g/mol. The van der Waals surface area contributed by atoms with E-state index in [1.807, 2.05) is 40.7 Å². The predicted octanol–water partition coefficient (Wildman–Crippen LogP) is 4.78. The molecule has 0 N–H and O–H groups in total. The first-order valence-electron chi connectivity index (χ1n) is 11.1. The van der Waals surface area contributed by atoms with Crippen molar-refractivity contribution >= 4 is 28.6 Å². The average Bonchev–Trinajstić information content (AvgIpc) is 3.03. The molecular formula is C23H31N3O2S. The van der Waals surface area contributed by atoms with Crippen LogP contribution in [0.15, 0.2) is 34.2 Å². The van der Waals surface area contributed by atoms with Crippen molar-refractivity contribution in [2.24, 2.45) is 0 Å². The molecule has 1 saturated carbocycles. The molecule has 1 aliphatic carbocycles. The van der Waals surface area contributed by atoms with Crippen LogP contribution in [-0.4, -0.2) is 38.7 Å². The molecule has 1 aromatic carbocycles. The Labute approximate surface area is 176 Å². The minimum Gasteiger partial charge on any atom is -0.342 e. The second-order valence-corrected chi connectivity index (χ2v) is 9.69. The van der Waals surface area contributed by atoms with E-state index in [4.69, 9.17) is 4.98 Å². The summed E-state index contributed by atoms with van der Waals surface area (Å²) in [5.41, 5.74) is 0.765. The van der Waals surface area contributed by atoms with Gasteiger partial charge in [0.15, 0.2) is 5.16 Å². The van der Waals surface area contributed by atoms with Crippen LogP contribution >= 0.6 is 11.8 Å². The molecule has 29 heavy (non-hydrogen) atoms. The number of nitrogens with zero attached hydrogens (tertiary/aromatic N) is 3. The maximum Gasteiger partial charge on any atom is 0.262 e. The number of rotatable bonds is 4. The van der Waals surface area contributed by atoms with Crippen LogP contribution in [0.1, 0.15) is 70.8 Å². The number of fused-ring (bicyclic) bond motifs is 1. The number of hydrogen-bond acceptors (Lipinski definition) is 4. The molecule has 0 unspecified atom stereocenters. The van der Waals surface area contributed by atoms with Gasteiger partial charge in [-0.15, -0.1) is 0 Å². The molecule has 0 bridgehead atoms. The molecule has 2 aromatic rings. The number of carbonyl (C=O) groups is 1. The van der Waals surface area contributed by atoms with E-state index < -0.39 is 0 Å². The van der Waals surface area contributed by atoms with Crippen LogP contribution < -0.4 is 5.56 Å². The monoisotopic (exact) mass is 413 g/mol. The first kappa shape index (κ1) is 20.5. The number of hydrogen-bond donors (Lipinski definition) is 0. The van der Waals surface area contributed by atoms with E-state index in [0.29, 0.717) is 10.5 Å². The van der Waals surface area contributed by atoms with Crippen LogP contribution in [0.5, 0.6) is 0 Å². The maximum absolute atomic E-state index is 13.4. The zero-order valence-electron chi connectivity index (χ0n) is 17.3. The van der Waals surface area contributed by atoms with Gasteiger partial charge in [0.1, 0.15) is 0 Å². The third kappa shape index (κ3) is 4.52. The van der Waals surface area contributed by atoms with Crippen LogP contribution in [0.3, 0.4) is 0 Å². The Kier molecular flexibility index (Phi) is 6.58. The molecular weight excluding hydrogens is 382 g/mol. The fourth-order valence-corrected chi connectivity index (χ4v) is 5.69. The molecule has 0 spiro atoms. The summed E-state index contributed by atoms with van der Waals surface area (Å²) in [5, 5.41) is 1.14. The molecule has 1 aromatic heterocycles. The lowest BCUT2D eigenvalue weighted by Gasteiger charge is -2.28. The van der Waals surface area contributed by atoms with Crippen molar-refractivity contribution in [1.82, 2.24) is 14.5 Å². The third-order valence-electron chi connectivity index (χ3n) is 6.26.